The van der Waals surface area contributed by atoms with E-state index in [-0.39, 0.29) is 11.4 Å². The van der Waals surface area contributed by atoms with Gasteiger partial charge in [0.1, 0.15) is 0 Å². The summed E-state index contributed by atoms with van der Waals surface area (Å²) in [6.07, 6.45) is 0. The molecule has 0 atom stereocenters. The number of nitrogens with one attached hydrogen (secondary N) is 2. The summed E-state index contributed by atoms with van der Waals surface area (Å²) in [6.45, 7) is 7.63. The van der Waals surface area contributed by atoms with Gasteiger partial charge in [-0.1, -0.05) is 32.0 Å². The summed E-state index contributed by atoms with van der Waals surface area (Å²) in [7, 11) is -3.72. The Balaban J connectivity index is 1.97. The van der Waals surface area contributed by atoms with Crippen LogP contribution in [0.4, 0.5) is 5.69 Å². The molecular formula is C19H24N2O3S. The van der Waals surface area contributed by atoms with Gasteiger partial charge in [0.15, 0.2) is 0 Å². The third-order valence-corrected chi connectivity index (χ3v) is 5.47. The van der Waals surface area contributed by atoms with Crippen molar-refractivity contribution in [2.45, 2.75) is 38.5 Å². The van der Waals surface area contributed by atoms with Gasteiger partial charge in [-0.25, -0.2) is 13.1 Å². The molecule has 1 amide bonds. The summed E-state index contributed by atoms with van der Waals surface area (Å²) in [5.74, 6) is -0.000711. The Kier molecular flexibility index (Phi) is 5.98. The Morgan fingerprint density at radius 3 is 2.20 bits per heavy atom. The highest BCUT2D eigenvalue weighted by atomic mass is 32.2. The van der Waals surface area contributed by atoms with Crippen molar-refractivity contribution in [1.29, 1.82) is 0 Å². The van der Waals surface area contributed by atoms with E-state index in [1.54, 1.807) is 12.1 Å². The molecule has 0 unspecified atom stereocenters. The molecule has 0 radical (unpaired) electrons. The van der Waals surface area contributed by atoms with Gasteiger partial charge in [-0.3, -0.25) is 4.79 Å². The molecule has 0 spiro atoms. The molecule has 2 rings (SSSR count). The number of benzene rings is 2. The molecule has 2 aromatic carbocycles. The molecular weight excluding hydrogens is 336 g/mol. The maximum Gasteiger partial charge on any atom is 0.241 e. The van der Waals surface area contributed by atoms with Crippen LogP contribution in [0.25, 0.3) is 0 Å². The van der Waals surface area contributed by atoms with E-state index in [0.717, 1.165) is 11.1 Å². The average Bonchev–Trinajstić information content (AvgIpc) is 2.56. The van der Waals surface area contributed by atoms with E-state index >= 15 is 0 Å². The third-order valence-electron chi connectivity index (χ3n) is 4.07. The van der Waals surface area contributed by atoms with Crippen LogP contribution in [0.2, 0.25) is 0 Å². The SMILES string of the molecule is Cc1ccc(S(=O)(=O)NCC(=O)Nc2ccc(C(C)C)cc2)cc1C. The van der Waals surface area contributed by atoms with Crippen LogP contribution in [0.1, 0.15) is 36.5 Å². The van der Waals surface area contributed by atoms with Crippen LogP contribution in [-0.2, 0) is 14.8 Å². The first-order chi connectivity index (χ1) is 11.7. The second kappa shape index (κ2) is 7.80. The van der Waals surface area contributed by atoms with Crippen LogP contribution in [0.5, 0.6) is 0 Å². The maximum atomic E-state index is 12.3. The third kappa shape index (κ3) is 5.14. The molecule has 0 aromatic heterocycles. The molecule has 2 N–H and O–H groups in total. The topological polar surface area (TPSA) is 75.3 Å². The fraction of sp³-hybridized carbons (Fsp3) is 0.316. The Bertz CT molecular complexity index is 857. The van der Waals surface area contributed by atoms with Crippen molar-refractivity contribution >= 4 is 21.6 Å². The first-order valence-corrected chi connectivity index (χ1v) is 9.64. The molecule has 2 aromatic rings. The van der Waals surface area contributed by atoms with E-state index in [9.17, 15) is 13.2 Å². The molecule has 5 nitrogen and oxygen atoms in total. The Morgan fingerprint density at radius 1 is 1.00 bits per heavy atom. The van der Waals surface area contributed by atoms with Gasteiger partial charge in [0.25, 0.3) is 0 Å². The molecule has 0 aliphatic carbocycles. The zero-order valence-corrected chi connectivity index (χ0v) is 15.8. The van der Waals surface area contributed by atoms with Crippen molar-refractivity contribution in [3.8, 4) is 0 Å². The minimum atomic E-state index is -3.72. The number of carbonyl (C=O) groups excluding carboxylic acids is 1. The van der Waals surface area contributed by atoms with Crippen molar-refractivity contribution in [3.63, 3.8) is 0 Å². The van der Waals surface area contributed by atoms with Crippen molar-refractivity contribution in [3.05, 3.63) is 59.2 Å². The number of aryl methyl sites for hydroxylation is 2. The quantitative estimate of drug-likeness (QED) is 0.829. The second-order valence-electron chi connectivity index (χ2n) is 6.40. The molecule has 0 aliphatic rings. The van der Waals surface area contributed by atoms with Gasteiger partial charge in [-0.05, 0) is 60.7 Å². The van der Waals surface area contributed by atoms with Crippen LogP contribution in [0, 0.1) is 13.8 Å². The lowest BCUT2D eigenvalue weighted by Crippen LogP contribution is -2.33. The molecule has 134 valence electrons. The Hall–Kier alpha value is -2.18. The van der Waals surface area contributed by atoms with Gasteiger partial charge in [0, 0.05) is 5.69 Å². The predicted molar refractivity (Wildman–Crippen MR) is 100 cm³/mol. The van der Waals surface area contributed by atoms with Crippen molar-refractivity contribution < 1.29 is 13.2 Å². The smallest absolute Gasteiger partial charge is 0.241 e. The zero-order valence-electron chi connectivity index (χ0n) is 15.0. The van der Waals surface area contributed by atoms with E-state index in [4.69, 9.17) is 0 Å². The van der Waals surface area contributed by atoms with E-state index in [0.29, 0.717) is 11.6 Å². The van der Waals surface area contributed by atoms with Crippen LogP contribution in [0.15, 0.2) is 47.4 Å². The summed E-state index contributed by atoms with van der Waals surface area (Å²) in [4.78, 5) is 12.1. The minimum Gasteiger partial charge on any atom is -0.325 e. The fourth-order valence-electron chi connectivity index (χ4n) is 2.28. The summed E-state index contributed by atoms with van der Waals surface area (Å²) < 4.78 is 26.9. The number of sulfonamides is 1. The average molecular weight is 360 g/mol. The highest BCUT2D eigenvalue weighted by molar-refractivity contribution is 7.89. The lowest BCUT2D eigenvalue weighted by molar-refractivity contribution is -0.115. The summed E-state index contributed by atoms with van der Waals surface area (Å²) in [5.41, 5.74) is 3.72. The number of carbonyl (C=O) groups is 1. The number of anilines is 1. The second-order valence-corrected chi connectivity index (χ2v) is 8.16. The van der Waals surface area contributed by atoms with Crippen molar-refractivity contribution in [2.75, 3.05) is 11.9 Å². The summed E-state index contributed by atoms with van der Waals surface area (Å²) in [6, 6.07) is 12.4. The monoisotopic (exact) mass is 360 g/mol. The largest absolute Gasteiger partial charge is 0.325 e. The summed E-state index contributed by atoms with van der Waals surface area (Å²) in [5, 5.41) is 2.69. The standard InChI is InChI=1S/C19H24N2O3S/c1-13(2)16-6-8-17(9-7-16)21-19(22)12-20-25(23,24)18-10-5-14(3)15(4)11-18/h5-11,13,20H,12H2,1-4H3,(H,21,22). The number of hydrogen-bond donors (Lipinski definition) is 2. The maximum absolute atomic E-state index is 12.3. The normalized spacial score (nSPS) is 11.6. The van der Waals surface area contributed by atoms with Gasteiger partial charge >= 0.3 is 0 Å². The fourth-order valence-corrected chi connectivity index (χ4v) is 3.35. The van der Waals surface area contributed by atoms with E-state index in [1.165, 1.54) is 11.6 Å². The first-order valence-electron chi connectivity index (χ1n) is 8.16. The first kappa shape index (κ1) is 19.1. The van der Waals surface area contributed by atoms with Crippen LogP contribution in [-0.4, -0.2) is 20.9 Å². The Labute approximate surface area is 149 Å². The molecule has 6 heteroatoms. The molecule has 0 saturated carbocycles. The van der Waals surface area contributed by atoms with E-state index in [2.05, 4.69) is 23.9 Å². The highest BCUT2D eigenvalue weighted by Crippen LogP contribution is 2.17. The van der Waals surface area contributed by atoms with E-state index in [1.807, 2.05) is 38.1 Å². The highest BCUT2D eigenvalue weighted by Gasteiger charge is 2.16. The van der Waals surface area contributed by atoms with E-state index < -0.39 is 15.9 Å². The van der Waals surface area contributed by atoms with Gasteiger partial charge in [-0.2, -0.15) is 0 Å². The van der Waals surface area contributed by atoms with Crippen molar-refractivity contribution in [1.82, 2.24) is 4.72 Å². The molecule has 25 heavy (non-hydrogen) atoms. The van der Waals surface area contributed by atoms with Gasteiger partial charge < -0.3 is 5.32 Å². The molecule has 0 saturated heterocycles. The molecule has 0 fully saturated rings. The lowest BCUT2D eigenvalue weighted by Gasteiger charge is -2.10. The van der Waals surface area contributed by atoms with Crippen molar-refractivity contribution in [2.24, 2.45) is 0 Å². The predicted octanol–water partition coefficient (Wildman–Crippen LogP) is 3.34. The van der Waals surface area contributed by atoms with Crippen LogP contribution < -0.4 is 10.0 Å². The van der Waals surface area contributed by atoms with Crippen LogP contribution >= 0.6 is 0 Å². The van der Waals surface area contributed by atoms with Crippen LogP contribution in [0.3, 0.4) is 0 Å². The summed E-state index contributed by atoms with van der Waals surface area (Å²) >= 11 is 0. The zero-order chi connectivity index (χ0) is 18.6. The molecule has 0 aliphatic heterocycles. The molecule has 0 heterocycles. The van der Waals surface area contributed by atoms with Gasteiger partial charge in [0.2, 0.25) is 15.9 Å². The lowest BCUT2D eigenvalue weighted by atomic mass is 10.0. The number of amides is 1. The Morgan fingerprint density at radius 2 is 1.64 bits per heavy atom. The minimum absolute atomic E-state index is 0.157. The van der Waals surface area contributed by atoms with Gasteiger partial charge in [0.05, 0.1) is 11.4 Å². The molecule has 0 bridgehead atoms. The number of hydrogen-bond acceptors (Lipinski definition) is 3. The van der Waals surface area contributed by atoms with Gasteiger partial charge in [-0.15, -0.1) is 0 Å². The number of rotatable bonds is 6.